The van der Waals surface area contributed by atoms with E-state index < -0.39 is 5.97 Å². The van der Waals surface area contributed by atoms with Gasteiger partial charge < -0.3 is 5.11 Å². The summed E-state index contributed by atoms with van der Waals surface area (Å²) in [5, 5.41) is 8.26. The normalized spacial score (nSPS) is 9.75. The van der Waals surface area contributed by atoms with Crippen LogP contribution in [0.25, 0.3) is 0 Å². The van der Waals surface area contributed by atoms with Crippen molar-refractivity contribution in [2.75, 3.05) is 0 Å². The van der Waals surface area contributed by atoms with Crippen LogP contribution in [-0.4, -0.2) is 16.9 Å². The predicted octanol–water partition coefficient (Wildman–Crippen LogP) is 1.69. The molecule has 2 radical (unpaired) electrons. The first-order chi connectivity index (χ1) is 5.66. The zero-order chi connectivity index (χ0) is 9.40. The van der Waals surface area contributed by atoms with Gasteiger partial charge in [-0.2, -0.15) is 0 Å². The molecule has 0 amide bonds. The van der Waals surface area contributed by atoms with Crippen molar-refractivity contribution in [3.05, 3.63) is 6.92 Å². The van der Waals surface area contributed by atoms with Gasteiger partial charge in [0.25, 0.3) is 0 Å². The number of unbranched alkanes of at least 4 members (excludes halogenated alkanes) is 2. The van der Waals surface area contributed by atoms with Gasteiger partial charge in [-0.1, -0.05) is 6.42 Å². The SMILES string of the molecule is [CH]CCCCC(=O)CCC(=O)O. The maximum Gasteiger partial charge on any atom is 0.303 e. The van der Waals surface area contributed by atoms with E-state index in [-0.39, 0.29) is 18.6 Å². The van der Waals surface area contributed by atoms with Crippen molar-refractivity contribution >= 4 is 11.8 Å². The molecule has 0 unspecified atom stereocenters. The molecule has 12 heavy (non-hydrogen) atoms. The minimum absolute atomic E-state index is 0.0193. The fraction of sp³-hybridized carbons (Fsp3) is 0.667. The van der Waals surface area contributed by atoms with Gasteiger partial charge in [-0.25, -0.2) is 0 Å². The molecular formula is C9H14O3. The van der Waals surface area contributed by atoms with Crippen molar-refractivity contribution in [1.29, 1.82) is 0 Å². The van der Waals surface area contributed by atoms with Crippen LogP contribution in [0, 0.1) is 6.92 Å². The van der Waals surface area contributed by atoms with E-state index in [0.29, 0.717) is 12.8 Å². The van der Waals surface area contributed by atoms with Crippen LogP contribution in [0.3, 0.4) is 0 Å². The van der Waals surface area contributed by atoms with Crippen LogP contribution in [0.4, 0.5) is 0 Å². The second kappa shape index (κ2) is 6.83. The van der Waals surface area contributed by atoms with E-state index in [1.807, 2.05) is 0 Å². The van der Waals surface area contributed by atoms with E-state index in [4.69, 9.17) is 12.0 Å². The highest BCUT2D eigenvalue weighted by Crippen LogP contribution is 2.03. The van der Waals surface area contributed by atoms with Crippen LogP contribution >= 0.6 is 0 Å². The van der Waals surface area contributed by atoms with Crippen LogP contribution in [0.2, 0.25) is 0 Å². The Morgan fingerprint density at radius 1 is 1.08 bits per heavy atom. The number of aliphatic carboxylic acids is 1. The molecule has 0 aliphatic rings. The molecule has 3 nitrogen and oxygen atoms in total. The average Bonchev–Trinajstić information content (AvgIpc) is 2.01. The zero-order valence-electron chi connectivity index (χ0n) is 7.08. The largest absolute Gasteiger partial charge is 0.481 e. The second-order valence-electron chi connectivity index (χ2n) is 2.68. The smallest absolute Gasteiger partial charge is 0.303 e. The minimum atomic E-state index is -0.915. The van der Waals surface area contributed by atoms with Crippen molar-refractivity contribution in [2.45, 2.75) is 38.5 Å². The Bertz CT molecular complexity index is 152. The Morgan fingerprint density at radius 2 is 1.75 bits per heavy atom. The fourth-order valence-electron chi connectivity index (χ4n) is 0.838. The lowest BCUT2D eigenvalue weighted by Crippen LogP contribution is -2.02. The molecule has 0 aromatic heterocycles. The Morgan fingerprint density at radius 3 is 2.25 bits per heavy atom. The van der Waals surface area contributed by atoms with E-state index in [2.05, 4.69) is 0 Å². The Labute approximate surface area is 72.8 Å². The summed E-state index contributed by atoms with van der Waals surface area (Å²) in [6.07, 6.45) is 2.76. The van der Waals surface area contributed by atoms with Gasteiger partial charge in [0.1, 0.15) is 5.78 Å². The molecule has 1 N–H and O–H groups in total. The van der Waals surface area contributed by atoms with Crippen LogP contribution in [-0.2, 0) is 9.59 Å². The summed E-state index contributed by atoms with van der Waals surface area (Å²) in [5.41, 5.74) is 0. The van der Waals surface area contributed by atoms with Crippen LogP contribution in [0.5, 0.6) is 0 Å². The maximum absolute atomic E-state index is 10.9. The molecule has 0 bridgehead atoms. The molecule has 0 saturated carbocycles. The van der Waals surface area contributed by atoms with Gasteiger partial charge in [-0.3, -0.25) is 9.59 Å². The number of rotatable bonds is 7. The monoisotopic (exact) mass is 170 g/mol. The first-order valence-corrected chi connectivity index (χ1v) is 4.10. The number of carbonyl (C=O) groups is 2. The van der Waals surface area contributed by atoms with Gasteiger partial charge in [0, 0.05) is 12.8 Å². The molecule has 0 spiro atoms. The predicted molar refractivity (Wildman–Crippen MR) is 44.6 cm³/mol. The molecule has 0 heterocycles. The number of ketones is 1. The highest BCUT2D eigenvalue weighted by molar-refractivity contribution is 5.82. The number of Topliss-reactive ketones (excluding diaryl/α,β-unsaturated/α-hetero) is 1. The summed E-state index contributed by atoms with van der Waals surface area (Å²) in [7, 11) is 0. The molecule has 0 atom stereocenters. The van der Waals surface area contributed by atoms with Crippen molar-refractivity contribution in [3.63, 3.8) is 0 Å². The number of carboxylic acid groups (broad SMARTS) is 1. The number of carbonyl (C=O) groups excluding carboxylic acids is 1. The summed E-state index contributed by atoms with van der Waals surface area (Å²) in [4.78, 5) is 21.0. The molecule has 0 aliphatic carbocycles. The lowest BCUT2D eigenvalue weighted by atomic mass is 10.1. The number of hydrogen-bond donors (Lipinski definition) is 1. The van der Waals surface area contributed by atoms with Crippen molar-refractivity contribution in [1.82, 2.24) is 0 Å². The Kier molecular flexibility index (Phi) is 6.34. The highest BCUT2D eigenvalue weighted by Gasteiger charge is 2.04. The Hall–Kier alpha value is -0.860. The number of carboxylic acids is 1. The van der Waals surface area contributed by atoms with E-state index in [0.717, 1.165) is 12.8 Å². The van der Waals surface area contributed by atoms with Crippen molar-refractivity contribution in [2.24, 2.45) is 0 Å². The average molecular weight is 170 g/mol. The van der Waals surface area contributed by atoms with E-state index in [1.54, 1.807) is 0 Å². The molecule has 3 heteroatoms. The second-order valence-corrected chi connectivity index (χ2v) is 2.68. The van der Waals surface area contributed by atoms with Crippen LogP contribution < -0.4 is 0 Å². The minimum Gasteiger partial charge on any atom is -0.481 e. The van der Waals surface area contributed by atoms with Gasteiger partial charge in [0.15, 0.2) is 0 Å². The molecule has 68 valence electrons. The highest BCUT2D eigenvalue weighted by atomic mass is 16.4. The molecule has 0 saturated heterocycles. The first kappa shape index (κ1) is 11.1. The molecular weight excluding hydrogens is 156 g/mol. The summed E-state index contributed by atoms with van der Waals surface area (Å²) in [6.45, 7) is 5.23. The maximum atomic E-state index is 10.9. The summed E-state index contributed by atoms with van der Waals surface area (Å²) in [5.74, 6) is -0.895. The van der Waals surface area contributed by atoms with Crippen LogP contribution in [0.1, 0.15) is 38.5 Å². The van der Waals surface area contributed by atoms with Gasteiger partial charge in [-0.05, 0) is 19.8 Å². The van der Waals surface area contributed by atoms with Crippen molar-refractivity contribution < 1.29 is 14.7 Å². The lowest BCUT2D eigenvalue weighted by molar-refractivity contribution is -0.138. The van der Waals surface area contributed by atoms with Gasteiger partial charge >= 0.3 is 5.97 Å². The van der Waals surface area contributed by atoms with Gasteiger partial charge in [0.05, 0.1) is 6.42 Å². The zero-order valence-corrected chi connectivity index (χ0v) is 7.08. The summed E-state index contributed by atoms with van der Waals surface area (Å²) >= 11 is 0. The molecule has 0 aliphatic heterocycles. The number of hydrogen-bond acceptors (Lipinski definition) is 2. The lowest BCUT2D eigenvalue weighted by Gasteiger charge is -1.96. The van der Waals surface area contributed by atoms with Crippen LogP contribution in [0.15, 0.2) is 0 Å². The quantitative estimate of drug-likeness (QED) is 0.591. The standard InChI is InChI=1S/C9H14O3/c1-2-3-4-5-8(10)6-7-9(11)12/h1H,2-7H2,(H,11,12). The van der Waals surface area contributed by atoms with E-state index in [9.17, 15) is 9.59 Å². The third kappa shape index (κ3) is 7.25. The van der Waals surface area contributed by atoms with E-state index >= 15 is 0 Å². The summed E-state index contributed by atoms with van der Waals surface area (Å²) in [6, 6.07) is 0. The Balaban J connectivity index is 3.28. The molecule has 0 fully saturated rings. The third-order valence-electron chi connectivity index (χ3n) is 1.53. The molecule has 0 rings (SSSR count). The molecule has 0 aromatic carbocycles. The third-order valence-corrected chi connectivity index (χ3v) is 1.53. The topological polar surface area (TPSA) is 54.4 Å². The van der Waals surface area contributed by atoms with Crippen molar-refractivity contribution in [3.8, 4) is 0 Å². The van der Waals surface area contributed by atoms with Gasteiger partial charge in [0.2, 0.25) is 0 Å². The molecule has 0 aromatic rings. The first-order valence-electron chi connectivity index (χ1n) is 4.10. The fourth-order valence-corrected chi connectivity index (χ4v) is 0.838. The van der Waals surface area contributed by atoms with Gasteiger partial charge in [-0.15, -0.1) is 0 Å². The summed E-state index contributed by atoms with van der Waals surface area (Å²) < 4.78 is 0. The van der Waals surface area contributed by atoms with E-state index in [1.165, 1.54) is 0 Å².